The minimum Gasteiger partial charge on any atom is -0.396 e. The molecule has 3 heteroatoms. The van der Waals surface area contributed by atoms with Crippen LogP contribution < -0.4 is 5.32 Å². The van der Waals surface area contributed by atoms with Crippen LogP contribution in [0.5, 0.6) is 0 Å². The normalized spacial score (nSPS) is 9.83. The van der Waals surface area contributed by atoms with Crippen LogP contribution in [0.2, 0.25) is 0 Å². The van der Waals surface area contributed by atoms with Crippen LogP contribution in [0.25, 0.3) is 0 Å². The Morgan fingerprint density at radius 1 is 1.50 bits per heavy atom. The van der Waals surface area contributed by atoms with Crippen molar-refractivity contribution in [1.82, 2.24) is 4.98 Å². The summed E-state index contributed by atoms with van der Waals surface area (Å²) in [5.41, 5.74) is 2.16. The largest absolute Gasteiger partial charge is 0.396 e. The van der Waals surface area contributed by atoms with Crippen molar-refractivity contribution in [3.63, 3.8) is 0 Å². The number of nitrogens with zero attached hydrogens (tertiary/aromatic N) is 1. The zero-order valence-corrected chi connectivity index (χ0v) is 7.25. The Morgan fingerprint density at radius 3 is 3.00 bits per heavy atom. The Kier molecular flexibility index (Phi) is 3.54. The molecule has 2 N–H and O–H groups in total. The number of rotatable bonds is 4. The number of aromatic nitrogens is 1. The van der Waals surface area contributed by atoms with Crippen molar-refractivity contribution in [1.29, 1.82) is 0 Å². The summed E-state index contributed by atoms with van der Waals surface area (Å²) < 4.78 is 0. The van der Waals surface area contributed by atoms with E-state index in [9.17, 15) is 0 Å². The Morgan fingerprint density at radius 2 is 2.33 bits per heavy atom. The van der Waals surface area contributed by atoms with Gasteiger partial charge in [0.25, 0.3) is 0 Å². The first kappa shape index (κ1) is 9.00. The highest BCUT2D eigenvalue weighted by atomic mass is 16.3. The molecule has 0 amide bonds. The summed E-state index contributed by atoms with van der Waals surface area (Å²) in [6, 6.07) is 2.03. The maximum Gasteiger partial charge on any atom is 0.0529 e. The molecular formula is C9H14N2O. The molecule has 0 saturated heterocycles. The van der Waals surface area contributed by atoms with Gasteiger partial charge in [0.1, 0.15) is 0 Å². The Labute approximate surface area is 72.5 Å². The standard InChI is InChI=1S/C9H14N2O/c1-8-5-9(7-10-6-8)11-3-2-4-12/h5-7,11-12H,2-4H2,1H3. The number of hydrogen-bond acceptors (Lipinski definition) is 3. The lowest BCUT2D eigenvalue weighted by molar-refractivity contribution is 0.292. The van der Waals surface area contributed by atoms with Crippen molar-refractivity contribution in [2.24, 2.45) is 0 Å². The zero-order chi connectivity index (χ0) is 8.81. The van der Waals surface area contributed by atoms with Crippen LogP contribution in [0.1, 0.15) is 12.0 Å². The average Bonchev–Trinajstić information content (AvgIpc) is 2.05. The zero-order valence-electron chi connectivity index (χ0n) is 7.25. The lowest BCUT2D eigenvalue weighted by Crippen LogP contribution is -2.03. The summed E-state index contributed by atoms with van der Waals surface area (Å²) >= 11 is 0. The smallest absolute Gasteiger partial charge is 0.0529 e. The summed E-state index contributed by atoms with van der Waals surface area (Å²) in [4.78, 5) is 4.04. The number of pyridine rings is 1. The van der Waals surface area contributed by atoms with Gasteiger partial charge in [-0.2, -0.15) is 0 Å². The molecule has 0 aliphatic heterocycles. The molecule has 0 aromatic carbocycles. The molecule has 0 spiro atoms. The second-order valence-electron chi connectivity index (χ2n) is 2.75. The molecule has 1 aromatic heterocycles. The number of aliphatic hydroxyl groups excluding tert-OH is 1. The second kappa shape index (κ2) is 4.72. The van der Waals surface area contributed by atoms with Crippen molar-refractivity contribution >= 4 is 5.69 Å². The Balaban J connectivity index is 2.41. The fourth-order valence-electron chi connectivity index (χ4n) is 0.963. The number of hydrogen-bond donors (Lipinski definition) is 2. The first-order valence-corrected chi connectivity index (χ1v) is 4.09. The van der Waals surface area contributed by atoms with E-state index < -0.39 is 0 Å². The van der Waals surface area contributed by atoms with E-state index in [1.807, 2.05) is 19.2 Å². The fraction of sp³-hybridized carbons (Fsp3) is 0.444. The Bertz CT molecular complexity index is 238. The molecule has 12 heavy (non-hydrogen) atoms. The summed E-state index contributed by atoms with van der Waals surface area (Å²) in [5.74, 6) is 0. The predicted octanol–water partition coefficient (Wildman–Crippen LogP) is 1.18. The molecule has 0 radical (unpaired) electrons. The van der Waals surface area contributed by atoms with Crippen LogP contribution in [0.15, 0.2) is 18.5 Å². The van der Waals surface area contributed by atoms with Crippen LogP contribution in [0, 0.1) is 6.92 Å². The molecule has 1 rings (SSSR count). The summed E-state index contributed by atoms with van der Waals surface area (Å²) in [6.07, 6.45) is 4.37. The quantitative estimate of drug-likeness (QED) is 0.660. The van der Waals surface area contributed by atoms with Gasteiger partial charge in [-0.05, 0) is 25.0 Å². The molecule has 0 aliphatic rings. The van der Waals surface area contributed by atoms with Crippen LogP contribution in [0.4, 0.5) is 5.69 Å². The van der Waals surface area contributed by atoms with Crippen molar-refractivity contribution in [3.8, 4) is 0 Å². The third-order valence-electron chi connectivity index (χ3n) is 1.54. The van der Waals surface area contributed by atoms with Gasteiger partial charge in [0.2, 0.25) is 0 Å². The fourth-order valence-corrected chi connectivity index (χ4v) is 0.963. The van der Waals surface area contributed by atoms with E-state index in [2.05, 4.69) is 10.3 Å². The van der Waals surface area contributed by atoms with Crippen molar-refractivity contribution in [2.45, 2.75) is 13.3 Å². The van der Waals surface area contributed by atoms with Gasteiger partial charge >= 0.3 is 0 Å². The van der Waals surface area contributed by atoms with E-state index in [0.29, 0.717) is 0 Å². The maximum atomic E-state index is 8.54. The van der Waals surface area contributed by atoms with Gasteiger partial charge in [-0.3, -0.25) is 4.98 Å². The van der Waals surface area contributed by atoms with E-state index in [1.54, 1.807) is 6.20 Å². The molecule has 0 atom stereocenters. The minimum atomic E-state index is 0.228. The van der Waals surface area contributed by atoms with Gasteiger partial charge in [0, 0.05) is 25.5 Å². The van der Waals surface area contributed by atoms with Crippen LogP contribution in [0.3, 0.4) is 0 Å². The topological polar surface area (TPSA) is 45.2 Å². The number of nitrogens with one attached hydrogen (secondary N) is 1. The third kappa shape index (κ3) is 2.88. The number of aliphatic hydroxyl groups is 1. The molecule has 66 valence electrons. The van der Waals surface area contributed by atoms with Gasteiger partial charge in [-0.15, -0.1) is 0 Å². The van der Waals surface area contributed by atoms with Gasteiger partial charge in [0.15, 0.2) is 0 Å². The highest BCUT2D eigenvalue weighted by molar-refractivity contribution is 5.42. The molecular weight excluding hydrogens is 152 g/mol. The number of anilines is 1. The van der Waals surface area contributed by atoms with E-state index in [-0.39, 0.29) is 6.61 Å². The van der Waals surface area contributed by atoms with Crippen molar-refractivity contribution < 1.29 is 5.11 Å². The molecule has 0 aliphatic carbocycles. The third-order valence-corrected chi connectivity index (χ3v) is 1.54. The van der Waals surface area contributed by atoms with Gasteiger partial charge in [-0.25, -0.2) is 0 Å². The van der Waals surface area contributed by atoms with Gasteiger partial charge in [-0.1, -0.05) is 0 Å². The lowest BCUT2D eigenvalue weighted by atomic mass is 10.3. The first-order chi connectivity index (χ1) is 5.83. The molecule has 0 bridgehead atoms. The van der Waals surface area contributed by atoms with Gasteiger partial charge < -0.3 is 10.4 Å². The van der Waals surface area contributed by atoms with E-state index in [1.165, 1.54) is 0 Å². The highest BCUT2D eigenvalue weighted by Gasteiger charge is 1.91. The molecule has 3 nitrogen and oxygen atoms in total. The monoisotopic (exact) mass is 166 g/mol. The SMILES string of the molecule is Cc1cncc(NCCCO)c1. The van der Waals surface area contributed by atoms with Crippen molar-refractivity contribution in [3.05, 3.63) is 24.0 Å². The summed E-state index contributed by atoms with van der Waals surface area (Å²) in [6.45, 7) is 3.03. The van der Waals surface area contributed by atoms with Gasteiger partial charge in [0.05, 0.1) is 5.69 Å². The van der Waals surface area contributed by atoms with Crippen LogP contribution in [-0.4, -0.2) is 23.2 Å². The van der Waals surface area contributed by atoms with E-state index in [4.69, 9.17) is 5.11 Å². The van der Waals surface area contributed by atoms with Crippen molar-refractivity contribution in [2.75, 3.05) is 18.5 Å². The second-order valence-corrected chi connectivity index (χ2v) is 2.75. The lowest BCUT2D eigenvalue weighted by Gasteiger charge is -2.04. The molecule has 1 aromatic rings. The van der Waals surface area contributed by atoms with Crippen LogP contribution >= 0.6 is 0 Å². The molecule has 0 unspecified atom stereocenters. The molecule has 1 heterocycles. The molecule has 0 fully saturated rings. The highest BCUT2D eigenvalue weighted by Crippen LogP contribution is 2.06. The van der Waals surface area contributed by atoms with E-state index >= 15 is 0 Å². The first-order valence-electron chi connectivity index (χ1n) is 4.09. The Hall–Kier alpha value is -1.09. The summed E-state index contributed by atoms with van der Waals surface area (Å²) in [5, 5.41) is 11.7. The van der Waals surface area contributed by atoms with Crippen LogP contribution in [-0.2, 0) is 0 Å². The molecule has 0 saturated carbocycles. The minimum absolute atomic E-state index is 0.228. The predicted molar refractivity (Wildman–Crippen MR) is 49.2 cm³/mol. The maximum absolute atomic E-state index is 8.54. The summed E-state index contributed by atoms with van der Waals surface area (Å²) in [7, 11) is 0. The average molecular weight is 166 g/mol. The van der Waals surface area contributed by atoms with E-state index in [0.717, 1.165) is 24.2 Å². The number of aryl methyl sites for hydroxylation is 1.